The minimum absolute atomic E-state index is 0.0163. The summed E-state index contributed by atoms with van der Waals surface area (Å²) < 4.78 is 19.8. The van der Waals surface area contributed by atoms with Crippen molar-refractivity contribution in [3.8, 4) is 5.75 Å². The van der Waals surface area contributed by atoms with E-state index in [0.717, 1.165) is 12.1 Å². The smallest absolute Gasteiger partial charge is 0.373 e. The third kappa shape index (κ3) is 1.39. The fourth-order valence-electron chi connectivity index (χ4n) is 1.90. The summed E-state index contributed by atoms with van der Waals surface area (Å²) >= 11 is 0. The van der Waals surface area contributed by atoms with Gasteiger partial charge in [-0.1, -0.05) is 0 Å². The second-order valence-electron chi connectivity index (χ2n) is 3.79. The molecule has 2 heterocycles. The molecule has 5 nitrogen and oxygen atoms in total. The van der Waals surface area contributed by atoms with Crippen molar-refractivity contribution in [1.29, 1.82) is 0 Å². The van der Waals surface area contributed by atoms with Gasteiger partial charge in [0.15, 0.2) is 11.2 Å². The second-order valence-corrected chi connectivity index (χ2v) is 3.79. The Bertz CT molecular complexity index is 775. The largest absolute Gasteiger partial charge is 0.475 e. The molecule has 1 N–H and O–H groups in total. The van der Waals surface area contributed by atoms with Crippen molar-refractivity contribution in [2.75, 3.05) is 0 Å². The van der Waals surface area contributed by atoms with Crippen LogP contribution in [0.25, 0.3) is 17.1 Å². The number of aromatic nitrogens is 1. The number of carboxylic acid groups (broad SMARTS) is 1. The van der Waals surface area contributed by atoms with E-state index < -0.39 is 11.8 Å². The summed E-state index contributed by atoms with van der Waals surface area (Å²) in [7, 11) is 0. The van der Waals surface area contributed by atoms with Gasteiger partial charge in [-0.25, -0.2) is 9.18 Å². The molecule has 0 amide bonds. The average Bonchev–Trinajstić information content (AvgIpc) is 2.32. The Labute approximate surface area is 99.3 Å². The van der Waals surface area contributed by atoms with Gasteiger partial charge in [-0.05, 0) is 6.07 Å². The molecule has 0 unspecified atom stereocenters. The molecule has 1 aromatic carbocycles. The zero-order valence-corrected chi connectivity index (χ0v) is 8.88. The summed E-state index contributed by atoms with van der Waals surface area (Å²) in [4.78, 5) is 22.5. The van der Waals surface area contributed by atoms with Crippen LogP contribution < -0.4 is 10.2 Å². The zero-order valence-electron chi connectivity index (χ0n) is 8.88. The fourth-order valence-corrected chi connectivity index (χ4v) is 1.90. The summed E-state index contributed by atoms with van der Waals surface area (Å²) in [6.07, 6.45) is 2.65. The van der Waals surface area contributed by atoms with Crippen LogP contribution in [0.2, 0.25) is 0 Å². The predicted octanol–water partition coefficient (Wildman–Crippen LogP) is 1.42. The molecular formula is C12H6FNO4. The van der Waals surface area contributed by atoms with Crippen LogP contribution in [-0.4, -0.2) is 15.6 Å². The van der Waals surface area contributed by atoms with E-state index in [2.05, 4.69) is 0 Å². The summed E-state index contributed by atoms with van der Waals surface area (Å²) in [5, 5.41) is 9.03. The van der Waals surface area contributed by atoms with Gasteiger partial charge in [-0.3, -0.25) is 4.79 Å². The third-order valence-corrected chi connectivity index (χ3v) is 2.64. The maximum atomic E-state index is 13.4. The number of carboxylic acids is 1. The fraction of sp³-hybridized carbons (Fsp3) is 0. The molecule has 3 rings (SSSR count). The van der Waals surface area contributed by atoms with Crippen LogP contribution in [-0.2, 0) is 4.79 Å². The molecule has 0 radical (unpaired) electrons. The van der Waals surface area contributed by atoms with Crippen molar-refractivity contribution in [2.45, 2.75) is 0 Å². The Morgan fingerprint density at radius 2 is 2.17 bits per heavy atom. The highest BCUT2D eigenvalue weighted by Crippen LogP contribution is 2.30. The molecule has 1 aromatic heterocycles. The van der Waals surface area contributed by atoms with Crippen LogP contribution in [0.5, 0.6) is 5.75 Å². The van der Waals surface area contributed by atoms with Crippen molar-refractivity contribution >= 4 is 23.1 Å². The molecule has 6 heteroatoms. The minimum Gasteiger partial charge on any atom is -0.475 e. The molecule has 18 heavy (non-hydrogen) atoms. The molecule has 0 atom stereocenters. The molecule has 0 aliphatic carbocycles. The Kier molecular flexibility index (Phi) is 2.00. The lowest BCUT2D eigenvalue weighted by atomic mass is 10.1. The van der Waals surface area contributed by atoms with E-state index in [-0.39, 0.29) is 22.3 Å². The monoisotopic (exact) mass is 247 g/mol. The number of nitrogens with zero attached hydrogens (tertiary/aromatic N) is 1. The maximum absolute atomic E-state index is 13.4. The minimum atomic E-state index is -1.27. The normalized spacial score (nSPS) is 13.1. The maximum Gasteiger partial charge on any atom is 0.373 e. The molecule has 1 aliphatic rings. The molecule has 90 valence electrons. The van der Waals surface area contributed by atoms with Crippen LogP contribution in [0.3, 0.4) is 0 Å². The lowest BCUT2D eigenvalue weighted by Gasteiger charge is -2.17. The Hall–Kier alpha value is -2.63. The van der Waals surface area contributed by atoms with Crippen LogP contribution in [0, 0.1) is 5.82 Å². The standard InChI is InChI=1S/C12H6FNO4/c13-6-3-7-8(15)1-2-14-5-10(12(16)17)18-9(4-6)11(7)14/h1-5H,(H,16,17). The van der Waals surface area contributed by atoms with E-state index in [1.54, 1.807) is 0 Å². The predicted molar refractivity (Wildman–Crippen MR) is 60.7 cm³/mol. The van der Waals surface area contributed by atoms with Crippen molar-refractivity contribution in [3.05, 3.63) is 46.2 Å². The Morgan fingerprint density at radius 1 is 1.39 bits per heavy atom. The lowest BCUT2D eigenvalue weighted by Crippen LogP contribution is -2.16. The highest BCUT2D eigenvalue weighted by Gasteiger charge is 2.20. The number of pyridine rings is 1. The number of carbonyl (C=O) groups is 1. The van der Waals surface area contributed by atoms with Crippen molar-refractivity contribution in [1.82, 2.24) is 4.57 Å². The highest BCUT2D eigenvalue weighted by atomic mass is 19.1. The van der Waals surface area contributed by atoms with Crippen LogP contribution in [0.4, 0.5) is 4.39 Å². The van der Waals surface area contributed by atoms with Gasteiger partial charge < -0.3 is 14.4 Å². The highest BCUT2D eigenvalue weighted by molar-refractivity contribution is 5.94. The number of hydrogen-bond donors (Lipinski definition) is 1. The van der Waals surface area contributed by atoms with Crippen molar-refractivity contribution in [3.63, 3.8) is 0 Å². The number of rotatable bonds is 1. The van der Waals surface area contributed by atoms with E-state index in [9.17, 15) is 14.0 Å². The Balaban J connectivity index is 2.44. The van der Waals surface area contributed by atoms with E-state index in [4.69, 9.17) is 9.84 Å². The number of halogens is 1. The van der Waals surface area contributed by atoms with E-state index in [1.807, 2.05) is 0 Å². The Morgan fingerprint density at radius 3 is 2.89 bits per heavy atom. The van der Waals surface area contributed by atoms with E-state index >= 15 is 0 Å². The van der Waals surface area contributed by atoms with Gasteiger partial charge in [0.25, 0.3) is 0 Å². The lowest BCUT2D eigenvalue weighted by molar-refractivity contribution is -0.134. The van der Waals surface area contributed by atoms with Crippen LogP contribution in [0.1, 0.15) is 0 Å². The third-order valence-electron chi connectivity index (χ3n) is 2.64. The molecular weight excluding hydrogens is 241 g/mol. The molecule has 0 saturated carbocycles. The topological polar surface area (TPSA) is 68.5 Å². The van der Waals surface area contributed by atoms with Gasteiger partial charge in [-0.2, -0.15) is 0 Å². The van der Waals surface area contributed by atoms with Gasteiger partial charge in [0.2, 0.25) is 5.76 Å². The first-order chi connectivity index (χ1) is 8.56. The first-order valence-corrected chi connectivity index (χ1v) is 5.03. The van der Waals surface area contributed by atoms with E-state index in [1.165, 1.54) is 23.0 Å². The summed E-state index contributed by atoms with van der Waals surface area (Å²) in [5.74, 6) is -2.24. The summed E-state index contributed by atoms with van der Waals surface area (Å²) in [6.45, 7) is 0. The van der Waals surface area contributed by atoms with Gasteiger partial charge in [-0.15, -0.1) is 0 Å². The number of ether oxygens (including phenoxy) is 1. The van der Waals surface area contributed by atoms with Crippen molar-refractivity contribution < 1.29 is 19.0 Å². The number of benzene rings is 1. The summed E-state index contributed by atoms with van der Waals surface area (Å²) in [5.41, 5.74) is 0.00618. The first kappa shape index (κ1) is 10.5. The average molecular weight is 247 g/mol. The summed E-state index contributed by atoms with van der Waals surface area (Å²) in [6, 6.07) is 3.39. The molecule has 1 aliphatic heterocycles. The van der Waals surface area contributed by atoms with Gasteiger partial charge in [0.1, 0.15) is 5.82 Å². The van der Waals surface area contributed by atoms with Crippen molar-refractivity contribution in [2.24, 2.45) is 0 Å². The van der Waals surface area contributed by atoms with Gasteiger partial charge in [0, 0.05) is 18.3 Å². The molecule has 2 aromatic rings. The molecule has 0 fully saturated rings. The first-order valence-electron chi connectivity index (χ1n) is 5.03. The molecule has 0 saturated heterocycles. The zero-order chi connectivity index (χ0) is 12.9. The van der Waals surface area contributed by atoms with Gasteiger partial charge >= 0.3 is 5.97 Å². The van der Waals surface area contributed by atoms with Crippen LogP contribution in [0.15, 0.2) is 34.9 Å². The van der Waals surface area contributed by atoms with E-state index in [0.29, 0.717) is 5.52 Å². The number of aliphatic carboxylic acids is 1. The number of hydrogen-bond acceptors (Lipinski definition) is 3. The van der Waals surface area contributed by atoms with Crippen LogP contribution >= 0.6 is 0 Å². The van der Waals surface area contributed by atoms with Gasteiger partial charge in [0.05, 0.1) is 17.1 Å². The molecule has 0 spiro atoms. The SMILES string of the molecule is O=C(O)C1=Cn2ccc(=O)c3cc(F)cc(c32)O1. The molecule has 0 bridgehead atoms. The second kappa shape index (κ2) is 3.43. The quantitative estimate of drug-likeness (QED) is 0.827.